The quantitative estimate of drug-likeness (QED) is 0.389. The van der Waals surface area contributed by atoms with Crippen molar-refractivity contribution < 1.29 is 19.1 Å². The van der Waals surface area contributed by atoms with Gasteiger partial charge in [-0.15, -0.1) is 0 Å². The molecule has 160 valence electrons. The summed E-state index contributed by atoms with van der Waals surface area (Å²) >= 11 is 0. The minimum Gasteiger partial charge on any atom is -0.505 e. The van der Waals surface area contributed by atoms with Crippen molar-refractivity contribution in [1.82, 2.24) is 19.2 Å². The standard InChI is InChI=1S/C23H23FN4O3/c1-14-19(27-11-7-6-10-17(27)25-14)21(29)18-20(15-8-4-5-9-16(15)24)28(13-12-26(2)3)23(31)22(18)30/h4-11,20,29H,12-13H2,1-3H3/b21-18+/t20-/m0/s1. The van der Waals surface area contributed by atoms with Gasteiger partial charge in [-0.25, -0.2) is 9.37 Å². The lowest BCUT2D eigenvalue weighted by Gasteiger charge is -2.26. The van der Waals surface area contributed by atoms with Gasteiger partial charge in [0.2, 0.25) is 0 Å². The average molecular weight is 422 g/mol. The van der Waals surface area contributed by atoms with Crippen LogP contribution >= 0.6 is 0 Å². The Morgan fingerprint density at radius 2 is 1.87 bits per heavy atom. The summed E-state index contributed by atoms with van der Waals surface area (Å²) in [6, 6.07) is 10.3. The van der Waals surface area contributed by atoms with Crippen molar-refractivity contribution in [2.45, 2.75) is 13.0 Å². The normalized spacial score (nSPS) is 18.5. The number of ketones is 1. The SMILES string of the molecule is Cc1nc2ccccn2c1/C(O)=C1\C(=O)C(=O)N(CCN(C)C)[C@H]1c1ccccc1F. The van der Waals surface area contributed by atoms with Gasteiger partial charge in [0.15, 0.2) is 5.76 Å². The second-order valence-electron chi connectivity index (χ2n) is 7.79. The molecule has 1 amide bonds. The maximum Gasteiger partial charge on any atom is 0.295 e. The van der Waals surface area contributed by atoms with Crippen molar-refractivity contribution in [2.75, 3.05) is 27.2 Å². The number of hydrogen-bond donors (Lipinski definition) is 1. The number of Topliss-reactive ketones (excluding diaryl/α,β-unsaturated/α-hetero) is 1. The summed E-state index contributed by atoms with van der Waals surface area (Å²) in [4.78, 5) is 33.6. The number of likely N-dealkylation sites (N-methyl/N-ethyl adjacent to an activating group) is 1. The molecule has 3 aromatic rings. The van der Waals surface area contributed by atoms with Crippen molar-refractivity contribution in [2.24, 2.45) is 0 Å². The van der Waals surface area contributed by atoms with E-state index in [1.54, 1.807) is 41.8 Å². The summed E-state index contributed by atoms with van der Waals surface area (Å²) in [6.45, 7) is 2.40. The fourth-order valence-corrected chi connectivity index (χ4v) is 3.96. The number of amides is 1. The number of likely N-dealkylation sites (tertiary alicyclic amines) is 1. The van der Waals surface area contributed by atoms with Crippen molar-refractivity contribution in [1.29, 1.82) is 0 Å². The number of fused-ring (bicyclic) bond motifs is 1. The third-order valence-corrected chi connectivity index (χ3v) is 5.46. The predicted octanol–water partition coefficient (Wildman–Crippen LogP) is 2.77. The highest BCUT2D eigenvalue weighted by Crippen LogP contribution is 2.40. The number of hydrogen-bond acceptors (Lipinski definition) is 5. The van der Waals surface area contributed by atoms with Crippen LogP contribution in [0.3, 0.4) is 0 Å². The first kappa shape index (κ1) is 20.7. The van der Waals surface area contributed by atoms with Crippen LogP contribution in [0, 0.1) is 12.7 Å². The molecular weight excluding hydrogens is 399 g/mol. The minimum atomic E-state index is -1.03. The van der Waals surface area contributed by atoms with E-state index in [4.69, 9.17) is 0 Å². The topological polar surface area (TPSA) is 78.1 Å². The summed E-state index contributed by atoms with van der Waals surface area (Å²) in [5.74, 6) is -2.52. The molecule has 7 nitrogen and oxygen atoms in total. The van der Waals surface area contributed by atoms with Crippen LogP contribution in [0.1, 0.15) is 23.0 Å². The number of halogens is 1. The molecule has 0 saturated carbocycles. The van der Waals surface area contributed by atoms with Gasteiger partial charge in [-0.1, -0.05) is 24.3 Å². The number of aromatic nitrogens is 2. The fourth-order valence-electron chi connectivity index (χ4n) is 3.96. The van der Waals surface area contributed by atoms with Crippen LogP contribution < -0.4 is 0 Å². The number of benzene rings is 1. The molecule has 0 radical (unpaired) electrons. The molecular formula is C23H23FN4O3. The number of pyridine rings is 1. The number of imidazole rings is 1. The Morgan fingerprint density at radius 3 is 2.58 bits per heavy atom. The number of carbonyl (C=O) groups is 2. The van der Waals surface area contributed by atoms with E-state index in [1.807, 2.05) is 25.1 Å². The molecule has 0 spiro atoms. The van der Waals surface area contributed by atoms with Gasteiger partial charge in [0.25, 0.3) is 11.7 Å². The summed E-state index contributed by atoms with van der Waals surface area (Å²) in [5.41, 5.74) is 1.42. The molecule has 1 atom stereocenters. The highest BCUT2D eigenvalue weighted by molar-refractivity contribution is 6.46. The molecule has 31 heavy (non-hydrogen) atoms. The van der Waals surface area contributed by atoms with Gasteiger partial charge >= 0.3 is 0 Å². The molecule has 0 aliphatic carbocycles. The Hall–Kier alpha value is -3.52. The molecule has 2 aromatic heterocycles. The molecule has 0 unspecified atom stereocenters. The van der Waals surface area contributed by atoms with Crippen LogP contribution in [0.15, 0.2) is 54.2 Å². The van der Waals surface area contributed by atoms with E-state index in [1.165, 1.54) is 17.0 Å². The van der Waals surface area contributed by atoms with Crippen LogP contribution in [0.5, 0.6) is 0 Å². The van der Waals surface area contributed by atoms with Crippen LogP contribution in [0.2, 0.25) is 0 Å². The Balaban J connectivity index is 1.95. The zero-order valence-corrected chi connectivity index (χ0v) is 17.5. The first-order valence-electron chi connectivity index (χ1n) is 9.93. The first-order valence-corrected chi connectivity index (χ1v) is 9.93. The zero-order chi connectivity index (χ0) is 22.3. The molecule has 1 aliphatic heterocycles. The van der Waals surface area contributed by atoms with Crippen LogP contribution in [-0.4, -0.2) is 63.2 Å². The van der Waals surface area contributed by atoms with E-state index >= 15 is 0 Å². The smallest absolute Gasteiger partial charge is 0.295 e. The van der Waals surface area contributed by atoms with Crippen molar-refractivity contribution in [3.05, 3.63) is 77.0 Å². The lowest BCUT2D eigenvalue weighted by atomic mass is 9.96. The molecule has 8 heteroatoms. The summed E-state index contributed by atoms with van der Waals surface area (Å²) in [5, 5.41) is 11.3. The van der Waals surface area contributed by atoms with E-state index in [9.17, 15) is 19.1 Å². The van der Waals surface area contributed by atoms with Crippen LogP contribution in [0.25, 0.3) is 11.4 Å². The van der Waals surface area contributed by atoms with Gasteiger partial charge in [-0.3, -0.25) is 14.0 Å². The lowest BCUT2D eigenvalue weighted by Crippen LogP contribution is -2.35. The van der Waals surface area contributed by atoms with Gasteiger partial charge in [0, 0.05) is 24.8 Å². The molecule has 0 bridgehead atoms. The van der Waals surface area contributed by atoms with Gasteiger partial charge in [-0.05, 0) is 39.2 Å². The number of nitrogens with zero attached hydrogens (tertiary/aromatic N) is 4. The van der Waals surface area contributed by atoms with Gasteiger partial charge in [0.05, 0.1) is 17.3 Å². The monoisotopic (exact) mass is 422 g/mol. The van der Waals surface area contributed by atoms with E-state index in [-0.39, 0.29) is 23.4 Å². The molecule has 1 aromatic carbocycles. The van der Waals surface area contributed by atoms with Crippen molar-refractivity contribution in [3.63, 3.8) is 0 Å². The van der Waals surface area contributed by atoms with E-state index < -0.39 is 23.5 Å². The Morgan fingerprint density at radius 1 is 1.16 bits per heavy atom. The minimum absolute atomic E-state index is 0.136. The maximum absolute atomic E-state index is 14.8. The van der Waals surface area contributed by atoms with Gasteiger partial charge in [0.1, 0.15) is 17.2 Å². The molecule has 1 saturated heterocycles. The van der Waals surface area contributed by atoms with Crippen molar-refractivity contribution >= 4 is 23.1 Å². The summed E-state index contributed by atoms with van der Waals surface area (Å²) in [7, 11) is 3.69. The Labute approximate surface area is 179 Å². The maximum atomic E-state index is 14.8. The Kier molecular flexibility index (Phi) is 5.32. The number of aliphatic hydroxyl groups excluding tert-OH is 1. The molecule has 3 heterocycles. The van der Waals surface area contributed by atoms with Gasteiger partial charge < -0.3 is 14.9 Å². The summed E-state index contributed by atoms with van der Waals surface area (Å²) in [6.07, 6.45) is 1.71. The Bertz CT molecular complexity index is 1210. The lowest BCUT2D eigenvalue weighted by molar-refractivity contribution is -0.140. The van der Waals surface area contributed by atoms with Crippen LogP contribution in [-0.2, 0) is 9.59 Å². The fraction of sp³-hybridized carbons (Fsp3) is 0.261. The second-order valence-corrected chi connectivity index (χ2v) is 7.79. The van der Waals surface area contributed by atoms with E-state index in [0.29, 0.717) is 23.6 Å². The average Bonchev–Trinajstić information content (AvgIpc) is 3.20. The molecule has 1 fully saturated rings. The molecule has 1 N–H and O–H groups in total. The third kappa shape index (κ3) is 3.48. The van der Waals surface area contributed by atoms with Crippen molar-refractivity contribution in [3.8, 4) is 0 Å². The summed E-state index contributed by atoms with van der Waals surface area (Å²) < 4.78 is 16.4. The predicted molar refractivity (Wildman–Crippen MR) is 114 cm³/mol. The number of rotatable bonds is 5. The van der Waals surface area contributed by atoms with E-state index in [2.05, 4.69) is 4.98 Å². The number of aryl methyl sites for hydroxylation is 1. The zero-order valence-electron chi connectivity index (χ0n) is 17.5. The highest BCUT2D eigenvalue weighted by atomic mass is 19.1. The largest absolute Gasteiger partial charge is 0.505 e. The van der Waals surface area contributed by atoms with E-state index in [0.717, 1.165) is 0 Å². The van der Waals surface area contributed by atoms with Crippen LogP contribution in [0.4, 0.5) is 4.39 Å². The molecule has 4 rings (SSSR count). The molecule has 1 aliphatic rings. The number of carbonyl (C=O) groups excluding carboxylic acids is 2. The first-order chi connectivity index (χ1) is 14.8. The number of aliphatic hydroxyl groups is 1. The second kappa shape index (κ2) is 7.96. The third-order valence-electron chi connectivity index (χ3n) is 5.46. The van der Waals surface area contributed by atoms with Gasteiger partial charge in [-0.2, -0.15) is 0 Å². The highest BCUT2D eigenvalue weighted by Gasteiger charge is 2.47.